The molecule has 0 spiro atoms. The van der Waals surface area contributed by atoms with Gasteiger partial charge in [0.25, 0.3) is 0 Å². The van der Waals surface area contributed by atoms with Crippen molar-refractivity contribution in [3.05, 3.63) is 29.0 Å². The van der Waals surface area contributed by atoms with Gasteiger partial charge in [-0.3, -0.25) is 4.98 Å². The average Bonchev–Trinajstić information content (AvgIpc) is 2.36. The molecule has 0 aliphatic heterocycles. The van der Waals surface area contributed by atoms with Gasteiger partial charge in [-0.1, -0.05) is 11.6 Å². The molecule has 124 valence electrons. The largest absolute Gasteiger partial charge is 0.444 e. The quantitative estimate of drug-likeness (QED) is 0.853. The lowest BCUT2D eigenvalue weighted by molar-refractivity contribution is 0.0436. The maximum atomic E-state index is 11.6. The number of pyridine rings is 1. The van der Waals surface area contributed by atoms with Crippen LogP contribution in [-0.2, 0) is 9.47 Å². The van der Waals surface area contributed by atoms with E-state index in [0.717, 1.165) is 5.69 Å². The zero-order chi connectivity index (χ0) is 16.8. The summed E-state index contributed by atoms with van der Waals surface area (Å²) in [5.41, 5.74) is 0.299. The summed E-state index contributed by atoms with van der Waals surface area (Å²) in [5.74, 6) is 0. The molecule has 0 radical (unpaired) electrons. The van der Waals surface area contributed by atoms with E-state index in [0.29, 0.717) is 18.1 Å². The van der Waals surface area contributed by atoms with Crippen LogP contribution in [0.15, 0.2) is 18.3 Å². The number of rotatable bonds is 6. The van der Waals surface area contributed by atoms with Crippen LogP contribution < -0.4 is 5.32 Å². The van der Waals surface area contributed by atoms with Gasteiger partial charge in [-0.05, 0) is 53.2 Å². The number of alkyl carbamates (subject to hydrolysis) is 1. The zero-order valence-electron chi connectivity index (χ0n) is 13.9. The van der Waals surface area contributed by atoms with E-state index >= 15 is 0 Å². The molecule has 0 aliphatic rings. The van der Waals surface area contributed by atoms with Crippen molar-refractivity contribution in [3.63, 3.8) is 0 Å². The lowest BCUT2D eigenvalue weighted by Crippen LogP contribution is -2.38. The highest BCUT2D eigenvalue weighted by Gasteiger charge is 2.17. The number of hydrogen-bond donors (Lipinski definition) is 1. The Balaban J connectivity index is 2.30. The summed E-state index contributed by atoms with van der Waals surface area (Å²) in [6, 6.07) is 3.48. The summed E-state index contributed by atoms with van der Waals surface area (Å²) in [7, 11) is 0. The van der Waals surface area contributed by atoms with Crippen molar-refractivity contribution in [1.29, 1.82) is 0 Å². The number of amides is 1. The summed E-state index contributed by atoms with van der Waals surface area (Å²) in [4.78, 5) is 15.9. The maximum Gasteiger partial charge on any atom is 0.407 e. The first kappa shape index (κ1) is 18.7. The number of halogens is 1. The van der Waals surface area contributed by atoms with Crippen LogP contribution >= 0.6 is 11.6 Å². The normalized spacial score (nSPS) is 14.3. The zero-order valence-corrected chi connectivity index (χ0v) is 14.6. The fraction of sp³-hybridized carbons (Fsp3) is 0.625. The molecule has 6 heteroatoms. The highest BCUT2D eigenvalue weighted by atomic mass is 35.5. The summed E-state index contributed by atoms with van der Waals surface area (Å²) in [6.07, 6.45) is 1.78. The van der Waals surface area contributed by atoms with Crippen LogP contribution in [0.3, 0.4) is 0 Å². The summed E-state index contributed by atoms with van der Waals surface area (Å²) in [6.45, 7) is 9.84. The molecule has 0 aliphatic carbocycles. The molecule has 1 rings (SSSR count). The van der Waals surface area contributed by atoms with Crippen molar-refractivity contribution in [2.24, 2.45) is 0 Å². The molecule has 0 saturated carbocycles. The van der Waals surface area contributed by atoms with Crippen molar-refractivity contribution < 1.29 is 14.3 Å². The lowest BCUT2D eigenvalue weighted by Gasteiger charge is -2.22. The Morgan fingerprint density at radius 2 is 2.09 bits per heavy atom. The molecule has 22 heavy (non-hydrogen) atoms. The van der Waals surface area contributed by atoms with Crippen molar-refractivity contribution in [1.82, 2.24) is 10.3 Å². The first-order valence-corrected chi connectivity index (χ1v) is 7.78. The number of carbonyl (C=O) groups is 1. The van der Waals surface area contributed by atoms with Crippen molar-refractivity contribution in [2.45, 2.75) is 58.8 Å². The van der Waals surface area contributed by atoms with Crippen LogP contribution in [0, 0.1) is 0 Å². The minimum absolute atomic E-state index is 0.0330. The molecule has 0 unspecified atom stereocenters. The fourth-order valence-corrected chi connectivity index (χ4v) is 1.90. The molecule has 0 bridgehead atoms. The molecule has 1 N–H and O–H groups in total. The number of nitrogens with zero attached hydrogens (tertiary/aromatic N) is 1. The number of ether oxygens (including phenoxy) is 2. The van der Waals surface area contributed by atoms with Crippen molar-refractivity contribution in [2.75, 3.05) is 6.61 Å². The van der Waals surface area contributed by atoms with Crippen LogP contribution in [0.2, 0.25) is 5.02 Å². The summed E-state index contributed by atoms with van der Waals surface area (Å²) < 4.78 is 10.9. The number of hydrogen-bond acceptors (Lipinski definition) is 4. The van der Waals surface area contributed by atoms with Crippen molar-refractivity contribution in [3.8, 4) is 0 Å². The van der Waals surface area contributed by atoms with E-state index in [1.165, 1.54) is 0 Å². The van der Waals surface area contributed by atoms with E-state index in [2.05, 4.69) is 10.3 Å². The molecular weight excluding hydrogens is 304 g/mol. The first-order valence-electron chi connectivity index (χ1n) is 7.40. The monoisotopic (exact) mass is 328 g/mol. The van der Waals surface area contributed by atoms with Crippen LogP contribution in [0.4, 0.5) is 4.79 Å². The Morgan fingerprint density at radius 3 is 2.68 bits per heavy atom. The van der Waals surface area contributed by atoms with Crippen LogP contribution in [0.5, 0.6) is 0 Å². The Morgan fingerprint density at radius 1 is 1.41 bits per heavy atom. The molecule has 1 heterocycles. The minimum atomic E-state index is -0.493. The van der Waals surface area contributed by atoms with E-state index in [4.69, 9.17) is 21.1 Å². The van der Waals surface area contributed by atoms with Crippen LogP contribution in [0.25, 0.3) is 0 Å². The minimum Gasteiger partial charge on any atom is -0.444 e. The van der Waals surface area contributed by atoms with Gasteiger partial charge in [-0.15, -0.1) is 0 Å². The summed E-state index contributed by atoms with van der Waals surface area (Å²) in [5, 5.41) is 3.42. The van der Waals surface area contributed by atoms with Gasteiger partial charge in [0.05, 0.1) is 11.8 Å². The second-order valence-electron chi connectivity index (χ2n) is 6.25. The molecule has 0 saturated heterocycles. The van der Waals surface area contributed by atoms with Crippen LogP contribution in [-0.4, -0.2) is 29.3 Å². The number of aromatic nitrogens is 1. The van der Waals surface area contributed by atoms with Crippen LogP contribution in [0.1, 0.15) is 52.8 Å². The predicted molar refractivity (Wildman–Crippen MR) is 87.1 cm³/mol. The molecule has 0 fully saturated rings. The van der Waals surface area contributed by atoms with Gasteiger partial charge in [0.1, 0.15) is 5.60 Å². The summed E-state index contributed by atoms with van der Waals surface area (Å²) >= 11 is 5.93. The smallest absolute Gasteiger partial charge is 0.407 e. The Labute approximate surface area is 137 Å². The third-order valence-corrected chi connectivity index (χ3v) is 3.08. The molecule has 1 aromatic heterocycles. The number of nitrogens with one attached hydrogen (secondary N) is 1. The predicted octanol–water partition coefficient (Wildman–Crippen LogP) is 4.12. The van der Waals surface area contributed by atoms with Gasteiger partial charge in [0.2, 0.25) is 0 Å². The Hall–Kier alpha value is -1.33. The van der Waals surface area contributed by atoms with Crippen molar-refractivity contribution >= 4 is 17.7 Å². The highest BCUT2D eigenvalue weighted by molar-refractivity contribution is 6.30. The van der Waals surface area contributed by atoms with Gasteiger partial charge in [-0.2, -0.15) is 0 Å². The molecular formula is C16H25ClN2O3. The number of carbonyl (C=O) groups excluding carboxylic acids is 1. The Kier molecular flexibility index (Phi) is 7.10. The third kappa shape index (κ3) is 7.61. The van der Waals surface area contributed by atoms with Gasteiger partial charge in [-0.25, -0.2) is 4.79 Å². The SMILES string of the molecule is C[C@H](OCC[C@H](C)NC(=O)OC(C)(C)C)c1cc(Cl)ccn1. The highest BCUT2D eigenvalue weighted by Crippen LogP contribution is 2.18. The molecule has 0 aromatic carbocycles. The topological polar surface area (TPSA) is 60.5 Å². The standard InChI is InChI=1S/C16H25ClN2O3/c1-11(19-15(20)22-16(3,4)5)7-9-21-12(2)14-10-13(17)6-8-18-14/h6,8,10-12H,7,9H2,1-5H3,(H,19,20)/t11-,12-/m0/s1. The van der Waals surface area contributed by atoms with E-state index < -0.39 is 11.7 Å². The second-order valence-corrected chi connectivity index (χ2v) is 6.68. The van der Waals surface area contributed by atoms with E-state index in [9.17, 15) is 4.79 Å². The van der Waals surface area contributed by atoms with Gasteiger partial charge in [0, 0.05) is 23.9 Å². The molecule has 1 amide bonds. The maximum absolute atomic E-state index is 11.6. The van der Waals surface area contributed by atoms with Gasteiger partial charge < -0.3 is 14.8 Å². The van der Waals surface area contributed by atoms with E-state index in [1.54, 1.807) is 18.3 Å². The molecule has 5 nitrogen and oxygen atoms in total. The van der Waals surface area contributed by atoms with Gasteiger partial charge >= 0.3 is 6.09 Å². The first-order chi connectivity index (χ1) is 10.2. The van der Waals surface area contributed by atoms with E-state index in [-0.39, 0.29) is 12.1 Å². The molecule has 2 atom stereocenters. The fourth-order valence-electron chi connectivity index (χ4n) is 1.73. The average molecular weight is 329 g/mol. The third-order valence-electron chi connectivity index (χ3n) is 2.84. The van der Waals surface area contributed by atoms with E-state index in [1.807, 2.05) is 34.6 Å². The molecule has 1 aromatic rings. The Bertz CT molecular complexity index is 489. The van der Waals surface area contributed by atoms with Gasteiger partial charge in [0.15, 0.2) is 0 Å². The second kappa shape index (κ2) is 8.34. The lowest BCUT2D eigenvalue weighted by atomic mass is 10.2.